The van der Waals surface area contributed by atoms with Crippen molar-refractivity contribution in [3.05, 3.63) is 61.7 Å². The highest BCUT2D eigenvalue weighted by Gasteiger charge is 2.24. The van der Waals surface area contributed by atoms with Crippen molar-refractivity contribution in [1.29, 1.82) is 0 Å². The predicted molar refractivity (Wildman–Crippen MR) is 95.0 cm³/mol. The van der Waals surface area contributed by atoms with Crippen LogP contribution in [0.1, 0.15) is 24.8 Å². The van der Waals surface area contributed by atoms with E-state index in [0.29, 0.717) is 25.8 Å². The van der Waals surface area contributed by atoms with Crippen LogP contribution in [0, 0.1) is 4.91 Å². The average molecular weight is 360 g/mol. The van der Waals surface area contributed by atoms with Crippen LogP contribution in [0.15, 0.2) is 45.7 Å². The smallest absolute Gasteiger partial charge is 0.407 e. The first kappa shape index (κ1) is 20.8. The molecule has 26 heavy (non-hydrogen) atoms. The number of carbonyl (C=O) groups is 1. The van der Waals surface area contributed by atoms with Gasteiger partial charge in [-0.05, 0) is 29.5 Å². The lowest BCUT2D eigenvalue weighted by molar-refractivity contribution is 0.133. The van der Waals surface area contributed by atoms with Gasteiger partial charge in [0.15, 0.2) is 0 Å². The number of carbonyl (C=O) groups excluding carboxylic acids is 1. The molecule has 0 radical (unpaired) electrons. The maximum absolute atomic E-state index is 12.0. The summed E-state index contributed by atoms with van der Waals surface area (Å²) >= 11 is 0. The molecular formula is C15H20N8O3. The highest BCUT2D eigenvalue weighted by atomic mass is 16.5. The van der Waals surface area contributed by atoms with Gasteiger partial charge in [0.05, 0.1) is 12.6 Å². The summed E-state index contributed by atoms with van der Waals surface area (Å²) in [4.78, 5) is 28.3. The number of rotatable bonds is 12. The number of ether oxygens (including phenoxy) is 1. The number of azide groups is 2. The lowest BCUT2D eigenvalue weighted by Gasteiger charge is -2.21. The summed E-state index contributed by atoms with van der Waals surface area (Å²) in [5.41, 5.74) is 17.5. The number of hydrogen-bond acceptors (Lipinski definition) is 6. The monoisotopic (exact) mass is 360 g/mol. The summed E-state index contributed by atoms with van der Waals surface area (Å²) < 4.78 is 5.14. The number of nitrogens with one attached hydrogen (secondary N) is 1. The van der Waals surface area contributed by atoms with E-state index in [1.165, 1.54) is 0 Å². The molecule has 0 aliphatic rings. The Morgan fingerprint density at radius 3 is 2.54 bits per heavy atom. The Bertz CT molecular complexity index is 656. The molecule has 0 bridgehead atoms. The summed E-state index contributed by atoms with van der Waals surface area (Å²) in [6.07, 6.45) is 0.890. The van der Waals surface area contributed by atoms with Crippen molar-refractivity contribution < 1.29 is 9.53 Å². The molecule has 2 unspecified atom stereocenters. The third-order valence-corrected chi connectivity index (χ3v) is 3.53. The van der Waals surface area contributed by atoms with Crippen molar-refractivity contribution in [2.75, 3.05) is 13.1 Å². The minimum absolute atomic E-state index is 0.0891. The Labute approximate surface area is 150 Å². The van der Waals surface area contributed by atoms with Gasteiger partial charge >= 0.3 is 6.09 Å². The Balaban J connectivity index is 2.59. The van der Waals surface area contributed by atoms with Crippen LogP contribution >= 0.6 is 0 Å². The molecule has 1 aromatic carbocycles. The average Bonchev–Trinajstić information content (AvgIpc) is 2.67. The maximum Gasteiger partial charge on any atom is 0.407 e. The molecule has 11 nitrogen and oxygen atoms in total. The van der Waals surface area contributed by atoms with Crippen LogP contribution in [0.5, 0.6) is 0 Å². The van der Waals surface area contributed by atoms with Crippen molar-refractivity contribution in [2.45, 2.75) is 38.0 Å². The number of unbranched alkanes of at least 4 members (excludes halogenated alkanes) is 1. The number of nitroso groups, excluding NO2 is 1. The van der Waals surface area contributed by atoms with Crippen LogP contribution in [0.3, 0.4) is 0 Å². The van der Waals surface area contributed by atoms with Crippen molar-refractivity contribution in [3.8, 4) is 0 Å². The summed E-state index contributed by atoms with van der Waals surface area (Å²) in [7, 11) is 0. The largest absolute Gasteiger partial charge is 0.445 e. The molecule has 1 amide bonds. The zero-order valence-electron chi connectivity index (χ0n) is 14.1. The van der Waals surface area contributed by atoms with Gasteiger partial charge in [0.2, 0.25) is 0 Å². The van der Waals surface area contributed by atoms with E-state index in [2.05, 4.69) is 30.5 Å². The molecular weight excluding hydrogens is 340 g/mol. The van der Waals surface area contributed by atoms with Crippen LogP contribution in [-0.4, -0.2) is 31.3 Å². The maximum atomic E-state index is 12.0. The van der Waals surface area contributed by atoms with Crippen LogP contribution < -0.4 is 5.32 Å². The Kier molecular flexibility index (Phi) is 10.4. The summed E-state index contributed by atoms with van der Waals surface area (Å²) in [6, 6.07) is 7.59. The number of benzene rings is 1. The minimum Gasteiger partial charge on any atom is -0.445 e. The predicted octanol–water partition coefficient (Wildman–Crippen LogP) is 4.21. The molecule has 0 spiro atoms. The van der Waals surface area contributed by atoms with Crippen LogP contribution in [0.2, 0.25) is 0 Å². The fourth-order valence-electron chi connectivity index (χ4n) is 2.22. The number of nitrogens with zero attached hydrogens (tertiary/aromatic N) is 7. The number of hydrogen-bond donors (Lipinski definition) is 1. The quantitative estimate of drug-likeness (QED) is 0.194. The van der Waals surface area contributed by atoms with Crippen molar-refractivity contribution in [1.82, 2.24) is 5.32 Å². The molecule has 0 aromatic heterocycles. The second-order valence-corrected chi connectivity index (χ2v) is 5.35. The standard InChI is InChI=1S/C15H20N8O3/c16-22-18-9-5-4-8-13(14(21-25)10-19-23-17)20-15(24)26-11-12-6-2-1-3-7-12/h1-3,6-7,13-14H,4-5,8-11H2,(H,20,24). The molecule has 138 valence electrons. The minimum atomic E-state index is -0.908. The molecule has 2 atom stereocenters. The van der Waals surface area contributed by atoms with Gasteiger partial charge in [-0.3, -0.25) is 0 Å². The molecule has 0 saturated carbocycles. The van der Waals surface area contributed by atoms with Gasteiger partial charge in [-0.1, -0.05) is 52.2 Å². The first-order valence-corrected chi connectivity index (χ1v) is 8.02. The highest BCUT2D eigenvalue weighted by molar-refractivity contribution is 5.67. The molecule has 0 aliphatic carbocycles. The van der Waals surface area contributed by atoms with Crippen molar-refractivity contribution in [3.63, 3.8) is 0 Å². The fraction of sp³-hybridized carbons (Fsp3) is 0.533. The van der Waals surface area contributed by atoms with E-state index in [1.807, 2.05) is 30.3 Å². The molecule has 0 fully saturated rings. The Hall–Kier alpha value is -3.29. The third-order valence-electron chi connectivity index (χ3n) is 3.53. The second kappa shape index (κ2) is 13.1. The molecule has 1 aromatic rings. The van der Waals surface area contributed by atoms with Crippen molar-refractivity contribution >= 4 is 6.09 Å². The van der Waals surface area contributed by atoms with E-state index >= 15 is 0 Å². The fourth-order valence-corrected chi connectivity index (χ4v) is 2.22. The van der Waals surface area contributed by atoms with E-state index in [1.54, 1.807) is 0 Å². The molecule has 0 aliphatic heterocycles. The Morgan fingerprint density at radius 2 is 1.88 bits per heavy atom. The highest BCUT2D eigenvalue weighted by Crippen LogP contribution is 2.11. The van der Waals surface area contributed by atoms with Gasteiger partial charge in [-0.15, -0.1) is 0 Å². The summed E-state index contributed by atoms with van der Waals surface area (Å²) in [5, 5.41) is 12.3. The first-order chi connectivity index (χ1) is 12.7. The number of amides is 1. The van der Waals surface area contributed by atoms with Gasteiger partial charge in [0, 0.05) is 16.4 Å². The summed E-state index contributed by atoms with van der Waals surface area (Å²) in [6.45, 7) is 0.239. The molecule has 1 rings (SSSR count). The lowest BCUT2D eigenvalue weighted by Crippen LogP contribution is -2.44. The summed E-state index contributed by atoms with van der Waals surface area (Å²) in [5.74, 6) is 0. The number of alkyl carbamates (subject to hydrolysis) is 1. The SMILES string of the molecule is [N-]=[N+]=NCCCCC(NC(=O)OCc1ccccc1)C(CN=[N+]=[N-])N=O. The van der Waals surface area contributed by atoms with Crippen LogP contribution in [0.4, 0.5) is 4.79 Å². The first-order valence-electron chi connectivity index (χ1n) is 8.02. The molecule has 11 heteroatoms. The Morgan fingerprint density at radius 1 is 1.15 bits per heavy atom. The second-order valence-electron chi connectivity index (χ2n) is 5.35. The third kappa shape index (κ3) is 8.53. The van der Waals surface area contributed by atoms with Crippen molar-refractivity contribution in [2.24, 2.45) is 15.4 Å². The van der Waals surface area contributed by atoms with Crippen LogP contribution in [-0.2, 0) is 11.3 Å². The molecule has 0 heterocycles. The van der Waals surface area contributed by atoms with Gasteiger partial charge < -0.3 is 10.1 Å². The van der Waals surface area contributed by atoms with E-state index in [-0.39, 0.29) is 13.2 Å². The van der Waals surface area contributed by atoms with Gasteiger partial charge in [0.1, 0.15) is 12.6 Å². The normalized spacial score (nSPS) is 12.0. The van der Waals surface area contributed by atoms with Gasteiger partial charge in [-0.2, -0.15) is 4.91 Å². The van der Waals surface area contributed by atoms with Crippen LogP contribution in [0.25, 0.3) is 20.9 Å². The lowest BCUT2D eigenvalue weighted by atomic mass is 10.0. The van der Waals surface area contributed by atoms with Gasteiger partial charge in [0.25, 0.3) is 0 Å². The molecule has 1 N–H and O–H groups in total. The molecule has 0 saturated heterocycles. The topological polar surface area (TPSA) is 165 Å². The van der Waals surface area contributed by atoms with E-state index in [9.17, 15) is 9.70 Å². The van der Waals surface area contributed by atoms with Gasteiger partial charge in [-0.25, -0.2) is 4.79 Å². The van der Waals surface area contributed by atoms with E-state index in [4.69, 9.17) is 15.8 Å². The van der Waals surface area contributed by atoms with E-state index < -0.39 is 18.2 Å². The van der Waals surface area contributed by atoms with E-state index in [0.717, 1.165) is 5.56 Å². The zero-order valence-corrected chi connectivity index (χ0v) is 14.1. The zero-order chi connectivity index (χ0) is 19.0.